The lowest BCUT2D eigenvalue weighted by atomic mass is 9.80. The number of hydrogen-bond acceptors (Lipinski definition) is 2. The fourth-order valence-electron chi connectivity index (χ4n) is 2.75. The average molecular weight is 351 g/mol. The molecule has 1 aliphatic carbocycles. The Morgan fingerprint density at radius 3 is 2.55 bits per heavy atom. The van der Waals surface area contributed by atoms with Crippen LogP contribution in [0, 0.1) is 11.7 Å². The molecule has 2 rings (SSSR count). The van der Waals surface area contributed by atoms with Gasteiger partial charge in [-0.1, -0.05) is 22.0 Å². The molecule has 0 saturated heterocycles. The van der Waals surface area contributed by atoms with E-state index in [1.165, 1.54) is 12.1 Å². The molecule has 1 atom stereocenters. The van der Waals surface area contributed by atoms with Gasteiger partial charge in [0.25, 0.3) is 0 Å². The minimum atomic E-state index is -2.54. The molecule has 112 valence electrons. The number of rotatable bonds is 4. The Kier molecular flexibility index (Phi) is 5.09. The van der Waals surface area contributed by atoms with Crippen molar-refractivity contribution in [1.82, 2.24) is 5.43 Å². The van der Waals surface area contributed by atoms with Crippen LogP contribution >= 0.6 is 15.9 Å². The maximum absolute atomic E-state index is 13.2. The van der Waals surface area contributed by atoms with Gasteiger partial charge in [-0.05, 0) is 42.9 Å². The minimum Gasteiger partial charge on any atom is -0.271 e. The second-order valence-corrected chi connectivity index (χ2v) is 6.26. The molecule has 0 radical (unpaired) electrons. The Bertz CT molecular complexity index is 458. The van der Waals surface area contributed by atoms with E-state index in [4.69, 9.17) is 5.84 Å². The van der Waals surface area contributed by atoms with Gasteiger partial charge < -0.3 is 0 Å². The van der Waals surface area contributed by atoms with E-state index in [-0.39, 0.29) is 30.6 Å². The van der Waals surface area contributed by atoms with Crippen molar-refractivity contribution in [3.63, 3.8) is 0 Å². The molecule has 0 aliphatic heterocycles. The highest BCUT2D eigenvalue weighted by molar-refractivity contribution is 9.10. The van der Waals surface area contributed by atoms with Gasteiger partial charge in [0.2, 0.25) is 5.92 Å². The van der Waals surface area contributed by atoms with Gasteiger partial charge in [0.15, 0.2) is 0 Å². The van der Waals surface area contributed by atoms with Gasteiger partial charge in [0.1, 0.15) is 5.82 Å². The first-order valence-corrected chi connectivity index (χ1v) is 7.48. The molecular weight excluding hydrogens is 333 g/mol. The van der Waals surface area contributed by atoms with Crippen LogP contribution in [0.4, 0.5) is 13.2 Å². The summed E-state index contributed by atoms with van der Waals surface area (Å²) >= 11 is 3.32. The van der Waals surface area contributed by atoms with Crippen molar-refractivity contribution in [3.05, 3.63) is 34.1 Å². The molecule has 0 amide bonds. The largest absolute Gasteiger partial charge is 0.271 e. The molecule has 2 nitrogen and oxygen atoms in total. The van der Waals surface area contributed by atoms with E-state index in [0.29, 0.717) is 23.7 Å². The maximum atomic E-state index is 13.2. The van der Waals surface area contributed by atoms with E-state index in [0.717, 1.165) is 5.56 Å². The Hall–Kier alpha value is -0.590. The lowest BCUT2D eigenvalue weighted by Gasteiger charge is -2.33. The summed E-state index contributed by atoms with van der Waals surface area (Å²) in [4.78, 5) is 0. The number of halogens is 4. The third kappa shape index (κ3) is 3.96. The summed E-state index contributed by atoms with van der Waals surface area (Å²) in [5, 5.41) is 0. The fourth-order valence-corrected chi connectivity index (χ4v) is 3.26. The molecule has 1 unspecified atom stereocenters. The van der Waals surface area contributed by atoms with Crippen molar-refractivity contribution < 1.29 is 13.2 Å². The van der Waals surface area contributed by atoms with Crippen LogP contribution < -0.4 is 11.3 Å². The van der Waals surface area contributed by atoms with Gasteiger partial charge in [-0.25, -0.2) is 13.2 Å². The van der Waals surface area contributed by atoms with Crippen molar-refractivity contribution in [1.29, 1.82) is 0 Å². The molecule has 0 bridgehead atoms. The summed E-state index contributed by atoms with van der Waals surface area (Å²) in [6.45, 7) is 0. The highest BCUT2D eigenvalue weighted by atomic mass is 79.9. The minimum absolute atomic E-state index is 0.0761. The molecular formula is C14H18BrF3N2. The average Bonchev–Trinajstić information content (AvgIpc) is 2.39. The topological polar surface area (TPSA) is 38.0 Å². The zero-order valence-corrected chi connectivity index (χ0v) is 12.6. The number of hydrazine groups is 1. The third-order valence-electron chi connectivity index (χ3n) is 4.00. The summed E-state index contributed by atoms with van der Waals surface area (Å²) in [6.07, 6.45) is 1.34. The highest BCUT2D eigenvalue weighted by Gasteiger charge is 2.37. The molecule has 3 N–H and O–H groups in total. The van der Waals surface area contributed by atoms with E-state index in [1.54, 1.807) is 6.07 Å². The van der Waals surface area contributed by atoms with Crippen LogP contribution in [0.2, 0.25) is 0 Å². The Labute approximate surface area is 125 Å². The second kappa shape index (κ2) is 6.45. The van der Waals surface area contributed by atoms with Crippen LogP contribution in [-0.4, -0.2) is 12.0 Å². The fraction of sp³-hybridized carbons (Fsp3) is 0.571. The molecule has 1 fully saturated rings. The SMILES string of the molecule is NNC(Cc1ccc(F)cc1Br)C1CCC(F)(F)CC1. The summed E-state index contributed by atoms with van der Waals surface area (Å²) in [5.74, 6) is 2.85. The maximum Gasteiger partial charge on any atom is 0.248 e. The van der Waals surface area contributed by atoms with Gasteiger partial charge in [-0.2, -0.15) is 0 Å². The first-order valence-electron chi connectivity index (χ1n) is 6.69. The van der Waals surface area contributed by atoms with Gasteiger partial charge in [0, 0.05) is 23.4 Å². The van der Waals surface area contributed by atoms with Crippen LogP contribution in [0.3, 0.4) is 0 Å². The number of nitrogens with one attached hydrogen (secondary N) is 1. The molecule has 0 heterocycles. The summed E-state index contributed by atoms with van der Waals surface area (Å²) in [7, 11) is 0. The van der Waals surface area contributed by atoms with E-state index in [1.807, 2.05) is 0 Å². The van der Waals surface area contributed by atoms with E-state index in [9.17, 15) is 13.2 Å². The van der Waals surface area contributed by atoms with Gasteiger partial charge >= 0.3 is 0 Å². The third-order valence-corrected chi connectivity index (χ3v) is 4.74. The molecule has 20 heavy (non-hydrogen) atoms. The van der Waals surface area contributed by atoms with Crippen LogP contribution in [-0.2, 0) is 6.42 Å². The van der Waals surface area contributed by atoms with Crippen LogP contribution in [0.5, 0.6) is 0 Å². The smallest absolute Gasteiger partial charge is 0.248 e. The lowest BCUT2D eigenvalue weighted by molar-refractivity contribution is -0.0495. The summed E-state index contributed by atoms with van der Waals surface area (Å²) in [6, 6.07) is 4.41. The van der Waals surface area contributed by atoms with Crippen molar-refractivity contribution in [2.75, 3.05) is 0 Å². The van der Waals surface area contributed by atoms with Crippen molar-refractivity contribution in [2.24, 2.45) is 11.8 Å². The zero-order valence-electron chi connectivity index (χ0n) is 11.0. The summed E-state index contributed by atoms with van der Waals surface area (Å²) in [5.41, 5.74) is 3.65. The lowest BCUT2D eigenvalue weighted by Crippen LogP contribution is -2.44. The zero-order chi connectivity index (χ0) is 14.8. The van der Waals surface area contributed by atoms with Gasteiger partial charge in [-0.3, -0.25) is 11.3 Å². The number of nitrogens with two attached hydrogens (primary N) is 1. The quantitative estimate of drug-likeness (QED) is 0.640. The van der Waals surface area contributed by atoms with Crippen molar-refractivity contribution in [2.45, 2.75) is 44.1 Å². The van der Waals surface area contributed by atoms with Crippen LogP contribution in [0.1, 0.15) is 31.2 Å². The molecule has 1 aromatic carbocycles. The molecule has 0 spiro atoms. The second-order valence-electron chi connectivity index (χ2n) is 5.41. The number of hydrogen-bond donors (Lipinski definition) is 2. The van der Waals surface area contributed by atoms with Gasteiger partial charge in [0.05, 0.1) is 0 Å². The predicted octanol–water partition coefficient (Wildman–Crippen LogP) is 3.79. The first-order chi connectivity index (χ1) is 9.41. The van der Waals surface area contributed by atoms with E-state index in [2.05, 4.69) is 21.4 Å². The van der Waals surface area contributed by atoms with Crippen LogP contribution in [0.25, 0.3) is 0 Å². The molecule has 1 aromatic rings. The Morgan fingerprint density at radius 2 is 2.00 bits per heavy atom. The predicted molar refractivity (Wildman–Crippen MR) is 75.8 cm³/mol. The highest BCUT2D eigenvalue weighted by Crippen LogP contribution is 2.38. The summed E-state index contributed by atoms with van der Waals surface area (Å²) < 4.78 is 40.1. The first kappa shape index (κ1) is 15.8. The molecule has 1 aliphatic rings. The van der Waals surface area contributed by atoms with Crippen molar-refractivity contribution >= 4 is 15.9 Å². The normalized spacial score (nSPS) is 20.9. The molecule has 1 saturated carbocycles. The Balaban J connectivity index is 2.02. The Morgan fingerprint density at radius 1 is 1.35 bits per heavy atom. The van der Waals surface area contributed by atoms with Crippen LogP contribution in [0.15, 0.2) is 22.7 Å². The van der Waals surface area contributed by atoms with E-state index < -0.39 is 5.92 Å². The monoisotopic (exact) mass is 350 g/mol. The van der Waals surface area contributed by atoms with Gasteiger partial charge in [-0.15, -0.1) is 0 Å². The molecule has 6 heteroatoms. The number of benzene rings is 1. The number of alkyl halides is 2. The van der Waals surface area contributed by atoms with Crippen molar-refractivity contribution in [3.8, 4) is 0 Å². The standard InChI is InChI=1S/C14H18BrF3N2/c15-12-8-11(16)2-1-10(12)7-13(20-19)9-3-5-14(17,18)6-4-9/h1-2,8-9,13,20H,3-7,19H2. The molecule has 0 aromatic heterocycles. The van der Waals surface area contributed by atoms with E-state index >= 15 is 0 Å².